The predicted octanol–water partition coefficient (Wildman–Crippen LogP) is 3.84. The van der Waals surface area contributed by atoms with E-state index in [0.717, 1.165) is 41.4 Å². The number of hydrogen-bond acceptors (Lipinski definition) is 3. The Bertz CT molecular complexity index is 691. The molecule has 2 heterocycles. The summed E-state index contributed by atoms with van der Waals surface area (Å²) >= 11 is 3.59. The molecule has 0 unspecified atom stereocenters. The van der Waals surface area contributed by atoms with Gasteiger partial charge in [0, 0.05) is 35.2 Å². The van der Waals surface area contributed by atoms with Gasteiger partial charge >= 0.3 is 0 Å². The van der Waals surface area contributed by atoms with E-state index in [1.165, 1.54) is 24.0 Å². The maximum absolute atomic E-state index is 5.78. The SMILES string of the molecule is Cc1cn(C2CC2)c(NCc2cc(Br)cc3c2OCC3)n1. The van der Waals surface area contributed by atoms with Gasteiger partial charge in [-0.3, -0.25) is 0 Å². The lowest BCUT2D eigenvalue weighted by Gasteiger charge is -2.12. The molecule has 2 aromatic rings. The molecule has 1 aromatic carbocycles. The summed E-state index contributed by atoms with van der Waals surface area (Å²) in [6.07, 6.45) is 5.67. The molecule has 0 saturated heterocycles. The Labute approximate surface area is 132 Å². The van der Waals surface area contributed by atoms with Crippen molar-refractivity contribution in [1.29, 1.82) is 0 Å². The lowest BCUT2D eigenvalue weighted by molar-refractivity contribution is 0.354. The first-order valence-corrected chi connectivity index (χ1v) is 8.23. The van der Waals surface area contributed by atoms with Gasteiger partial charge in [0.25, 0.3) is 0 Å². The molecule has 0 spiro atoms. The second kappa shape index (κ2) is 5.05. The standard InChI is InChI=1S/C16H18BrN3O/c1-10-9-20(14-2-3-14)16(19-10)18-8-12-7-13(17)6-11-4-5-21-15(11)12/h6-7,9,14H,2-5,8H2,1H3,(H,18,19). The fraction of sp³-hybridized carbons (Fsp3) is 0.438. The van der Waals surface area contributed by atoms with E-state index in [9.17, 15) is 0 Å². The summed E-state index contributed by atoms with van der Waals surface area (Å²) in [5.74, 6) is 2.02. The van der Waals surface area contributed by atoms with E-state index in [2.05, 4.69) is 49.1 Å². The van der Waals surface area contributed by atoms with Gasteiger partial charge < -0.3 is 14.6 Å². The zero-order chi connectivity index (χ0) is 14.4. The second-order valence-corrected chi connectivity index (χ2v) is 6.77. The summed E-state index contributed by atoms with van der Waals surface area (Å²) in [5.41, 5.74) is 3.56. The quantitative estimate of drug-likeness (QED) is 0.913. The fourth-order valence-corrected chi connectivity index (χ4v) is 3.48. The molecule has 0 radical (unpaired) electrons. The number of anilines is 1. The average molecular weight is 348 g/mol. The van der Waals surface area contributed by atoms with Crippen LogP contribution in [0.4, 0.5) is 5.95 Å². The smallest absolute Gasteiger partial charge is 0.203 e. The average Bonchev–Trinajstić information content (AvgIpc) is 3.07. The highest BCUT2D eigenvalue weighted by Gasteiger charge is 2.26. The van der Waals surface area contributed by atoms with Gasteiger partial charge in [-0.25, -0.2) is 4.98 Å². The summed E-state index contributed by atoms with van der Waals surface area (Å²) < 4.78 is 9.17. The minimum Gasteiger partial charge on any atom is -0.493 e. The Morgan fingerprint density at radius 1 is 1.43 bits per heavy atom. The van der Waals surface area contributed by atoms with E-state index >= 15 is 0 Å². The largest absolute Gasteiger partial charge is 0.493 e. The van der Waals surface area contributed by atoms with Crippen molar-refractivity contribution in [3.8, 4) is 5.75 Å². The normalized spacial score (nSPS) is 16.7. The highest BCUT2D eigenvalue weighted by molar-refractivity contribution is 9.10. The maximum atomic E-state index is 5.78. The van der Waals surface area contributed by atoms with Gasteiger partial charge in [0.1, 0.15) is 5.75 Å². The van der Waals surface area contributed by atoms with E-state index in [1.807, 2.05) is 6.92 Å². The van der Waals surface area contributed by atoms with Crippen LogP contribution in [0, 0.1) is 6.92 Å². The van der Waals surface area contributed by atoms with Crippen LogP contribution in [-0.4, -0.2) is 16.2 Å². The minimum atomic E-state index is 0.637. The number of nitrogens with zero attached hydrogens (tertiary/aromatic N) is 2. The summed E-state index contributed by atoms with van der Waals surface area (Å²) in [6, 6.07) is 4.92. The van der Waals surface area contributed by atoms with Crippen LogP contribution in [0.15, 0.2) is 22.8 Å². The third-order valence-electron chi connectivity index (χ3n) is 4.06. The Balaban J connectivity index is 1.57. The Kier molecular flexibility index (Phi) is 3.17. The topological polar surface area (TPSA) is 39.1 Å². The molecule has 0 bridgehead atoms. The zero-order valence-electron chi connectivity index (χ0n) is 12.0. The number of aryl methyl sites for hydroxylation is 1. The molecule has 1 saturated carbocycles. The number of benzene rings is 1. The van der Waals surface area contributed by atoms with Crippen LogP contribution in [0.2, 0.25) is 0 Å². The number of imidazole rings is 1. The molecule has 2 aliphatic rings. The lowest BCUT2D eigenvalue weighted by atomic mass is 10.1. The van der Waals surface area contributed by atoms with Gasteiger partial charge in [0.15, 0.2) is 0 Å². The maximum Gasteiger partial charge on any atom is 0.203 e. The van der Waals surface area contributed by atoms with Crippen molar-refractivity contribution < 1.29 is 4.74 Å². The first-order chi connectivity index (χ1) is 10.2. The molecule has 0 atom stereocenters. The summed E-state index contributed by atoms with van der Waals surface area (Å²) in [6.45, 7) is 3.57. The van der Waals surface area contributed by atoms with Crippen molar-refractivity contribution in [1.82, 2.24) is 9.55 Å². The number of rotatable bonds is 4. The molecule has 0 amide bonds. The fourth-order valence-electron chi connectivity index (χ4n) is 2.93. The molecular weight excluding hydrogens is 330 g/mol. The Hall–Kier alpha value is -1.49. The third-order valence-corrected chi connectivity index (χ3v) is 4.51. The Morgan fingerprint density at radius 3 is 3.10 bits per heavy atom. The van der Waals surface area contributed by atoms with Crippen molar-refractivity contribution >= 4 is 21.9 Å². The van der Waals surface area contributed by atoms with Gasteiger partial charge in [-0.05, 0) is 37.5 Å². The number of fused-ring (bicyclic) bond motifs is 1. The van der Waals surface area contributed by atoms with Crippen molar-refractivity contribution in [3.63, 3.8) is 0 Å². The van der Waals surface area contributed by atoms with Gasteiger partial charge in [-0.1, -0.05) is 15.9 Å². The molecule has 1 fully saturated rings. The Morgan fingerprint density at radius 2 is 2.29 bits per heavy atom. The second-order valence-electron chi connectivity index (χ2n) is 5.85. The molecule has 4 nitrogen and oxygen atoms in total. The first kappa shape index (κ1) is 13.2. The van der Waals surface area contributed by atoms with Crippen LogP contribution in [0.1, 0.15) is 35.7 Å². The molecule has 5 heteroatoms. The van der Waals surface area contributed by atoms with Crippen LogP contribution in [0.3, 0.4) is 0 Å². The highest BCUT2D eigenvalue weighted by Crippen LogP contribution is 2.38. The lowest BCUT2D eigenvalue weighted by Crippen LogP contribution is -2.07. The summed E-state index contributed by atoms with van der Waals surface area (Å²) in [4.78, 5) is 4.60. The summed E-state index contributed by atoms with van der Waals surface area (Å²) in [7, 11) is 0. The van der Waals surface area contributed by atoms with E-state index in [1.54, 1.807) is 0 Å². The van der Waals surface area contributed by atoms with E-state index in [0.29, 0.717) is 6.04 Å². The van der Waals surface area contributed by atoms with Crippen molar-refractivity contribution in [2.75, 3.05) is 11.9 Å². The minimum absolute atomic E-state index is 0.637. The molecule has 1 aromatic heterocycles. The molecule has 1 N–H and O–H groups in total. The van der Waals surface area contributed by atoms with Crippen LogP contribution >= 0.6 is 15.9 Å². The molecule has 21 heavy (non-hydrogen) atoms. The highest BCUT2D eigenvalue weighted by atomic mass is 79.9. The van der Waals surface area contributed by atoms with Crippen LogP contribution in [0.5, 0.6) is 5.75 Å². The van der Waals surface area contributed by atoms with Gasteiger partial charge in [0.2, 0.25) is 5.95 Å². The molecule has 1 aliphatic carbocycles. The number of halogens is 1. The van der Waals surface area contributed by atoms with E-state index in [4.69, 9.17) is 4.74 Å². The third kappa shape index (κ3) is 2.55. The van der Waals surface area contributed by atoms with Crippen molar-refractivity contribution in [2.45, 2.75) is 38.8 Å². The molecular formula is C16H18BrN3O. The molecule has 110 valence electrons. The number of nitrogens with one attached hydrogen (secondary N) is 1. The summed E-state index contributed by atoms with van der Waals surface area (Å²) in [5, 5.41) is 3.48. The monoisotopic (exact) mass is 347 g/mol. The molecule has 1 aliphatic heterocycles. The van der Waals surface area contributed by atoms with Gasteiger partial charge in [-0.15, -0.1) is 0 Å². The number of ether oxygens (including phenoxy) is 1. The number of hydrogen-bond donors (Lipinski definition) is 1. The zero-order valence-corrected chi connectivity index (χ0v) is 13.6. The van der Waals surface area contributed by atoms with Crippen molar-refractivity contribution in [3.05, 3.63) is 39.6 Å². The predicted molar refractivity (Wildman–Crippen MR) is 85.9 cm³/mol. The van der Waals surface area contributed by atoms with Crippen LogP contribution in [-0.2, 0) is 13.0 Å². The van der Waals surface area contributed by atoms with E-state index < -0.39 is 0 Å². The number of aromatic nitrogens is 2. The molecule has 4 rings (SSSR count). The van der Waals surface area contributed by atoms with Gasteiger partial charge in [-0.2, -0.15) is 0 Å². The van der Waals surface area contributed by atoms with Crippen molar-refractivity contribution in [2.24, 2.45) is 0 Å². The van der Waals surface area contributed by atoms with E-state index in [-0.39, 0.29) is 0 Å². The first-order valence-electron chi connectivity index (χ1n) is 7.44. The van der Waals surface area contributed by atoms with Crippen LogP contribution in [0.25, 0.3) is 0 Å². The van der Waals surface area contributed by atoms with Gasteiger partial charge in [0.05, 0.1) is 12.3 Å². The van der Waals surface area contributed by atoms with Crippen LogP contribution < -0.4 is 10.1 Å².